The molecule has 3 aromatic rings. The molecule has 4 rings (SSSR count). The van der Waals surface area contributed by atoms with Crippen LogP contribution in [0.15, 0.2) is 65.1 Å². The van der Waals surface area contributed by atoms with E-state index in [1.807, 2.05) is 53.4 Å². The highest BCUT2D eigenvalue weighted by molar-refractivity contribution is 5.79. The number of amides is 1. The molecule has 0 saturated carbocycles. The Labute approximate surface area is 147 Å². The second kappa shape index (κ2) is 6.73. The first-order chi connectivity index (χ1) is 12.2. The van der Waals surface area contributed by atoms with Crippen molar-refractivity contribution in [1.29, 1.82) is 0 Å². The number of benzene rings is 2. The van der Waals surface area contributed by atoms with E-state index in [0.29, 0.717) is 25.9 Å². The lowest BCUT2D eigenvalue weighted by Gasteiger charge is -2.16. The lowest BCUT2D eigenvalue weighted by Crippen LogP contribution is -2.32. The summed E-state index contributed by atoms with van der Waals surface area (Å²) in [5.41, 5.74) is 8.37. The van der Waals surface area contributed by atoms with E-state index in [-0.39, 0.29) is 17.9 Å². The highest BCUT2D eigenvalue weighted by Gasteiger charge is 2.33. The maximum absolute atomic E-state index is 12.6. The number of furan rings is 1. The molecule has 4 heteroatoms. The minimum atomic E-state index is -0.00227. The molecular formula is C21H22N2O2. The van der Waals surface area contributed by atoms with Crippen LogP contribution in [0.4, 0.5) is 0 Å². The molecule has 25 heavy (non-hydrogen) atoms. The van der Waals surface area contributed by atoms with Crippen molar-refractivity contribution in [2.45, 2.75) is 24.8 Å². The van der Waals surface area contributed by atoms with E-state index in [4.69, 9.17) is 10.2 Å². The molecule has 2 atom stereocenters. The molecule has 4 nitrogen and oxygen atoms in total. The Morgan fingerprint density at radius 1 is 1.08 bits per heavy atom. The predicted octanol–water partition coefficient (Wildman–Crippen LogP) is 3.32. The SMILES string of the molecule is N[C@@H]1CN(C(=O)CCc2cc3ccccc3o2)C[C@H]1c1ccccc1. The van der Waals surface area contributed by atoms with Crippen molar-refractivity contribution < 1.29 is 9.21 Å². The molecule has 1 saturated heterocycles. The predicted molar refractivity (Wildman–Crippen MR) is 98.3 cm³/mol. The molecule has 0 bridgehead atoms. The number of aryl methyl sites for hydroxylation is 1. The third kappa shape index (κ3) is 3.30. The maximum Gasteiger partial charge on any atom is 0.223 e. The Morgan fingerprint density at radius 2 is 1.84 bits per heavy atom. The van der Waals surface area contributed by atoms with Crippen LogP contribution in [0.5, 0.6) is 0 Å². The summed E-state index contributed by atoms with van der Waals surface area (Å²) in [6.45, 7) is 1.32. The van der Waals surface area contributed by atoms with Gasteiger partial charge in [-0.2, -0.15) is 0 Å². The number of carbonyl (C=O) groups excluding carboxylic acids is 1. The minimum absolute atomic E-state index is 0.00227. The number of likely N-dealkylation sites (tertiary alicyclic amines) is 1. The minimum Gasteiger partial charge on any atom is -0.461 e. The molecule has 2 N–H and O–H groups in total. The normalized spacial score (nSPS) is 20.3. The Hall–Kier alpha value is -2.59. The average molecular weight is 334 g/mol. The van der Waals surface area contributed by atoms with Crippen LogP contribution in [-0.4, -0.2) is 29.9 Å². The fourth-order valence-electron chi connectivity index (χ4n) is 3.63. The zero-order valence-corrected chi connectivity index (χ0v) is 14.1. The van der Waals surface area contributed by atoms with Crippen molar-refractivity contribution in [3.8, 4) is 0 Å². The number of nitrogens with zero attached hydrogens (tertiary/aromatic N) is 1. The van der Waals surface area contributed by atoms with E-state index in [1.165, 1.54) is 5.56 Å². The summed E-state index contributed by atoms with van der Waals surface area (Å²) in [6, 6.07) is 20.2. The molecule has 128 valence electrons. The molecule has 1 aromatic heterocycles. The van der Waals surface area contributed by atoms with Crippen LogP contribution in [0.1, 0.15) is 23.7 Å². The Kier molecular flexibility index (Phi) is 4.28. The molecule has 1 aliphatic heterocycles. The van der Waals surface area contributed by atoms with Gasteiger partial charge in [0, 0.05) is 43.3 Å². The summed E-state index contributed by atoms with van der Waals surface area (Å²) in [5, 5.41) is 1.08. The second-order valence-corrected chi connectivity index (χ2v) is 6.73. The van der Waals surface area contributed by atoms with E-state index in [0.717, 1.165) is 16.7 Å². The number of nitrogens with two attached hydrogens (primary N) is 1. The molecular weight excluding hydrogens is 312 g/mol. The molecule has 1 aliphatic rings. The topological polar surface area (TPSA) is 59.5 Å². The van der Waals surface area contributed by atoms with Gasteiger partial charge in [0.05, 0.1) is 0 Å². The highest BCUT2D eigenvalue weighted by Crippen LogP contribution is 2.27. The van der Waals surface area contributed by atoms with Gasteiger partial charge in [-0.1, -0.05) is 48.5 Å². The van der Waals surface area contributed by atoms with E-state index in [9.17, 15) is 4.79 Å². The van der Waals surface area contributed by atoms with Gasteiger partial charge in [0.15, 0.2) is 0 Å². The summed E-state index contributed by atoms with van der Waals surface area (Å²) >= 11 is 0. The fourth-order valence-corrected chi connectivity index (χ4v) is 3.63. The summed E-state index contributed by atoms with van der Waals surface area (Å²) in [4.78, 5) is 14.5. The summed E-state index contributed by atoms with van der Waals surface area (Å²) in [7, 11) is 0. The largest absolute Gasteiger partial charge is 0.461 e. The van der Waals surface area contributed by atoms with E-state index < -0.39 is 0 Å². The van der Waals surface area contributed by atoms with Gasteiger partial charge in [-0.05, 0) is 17.7 Å². The van der Waals surface area contributed by atoms with E-state index in [1.54, 1.807) is 0 Å². The molecule has 2 heterocycles. The van der Waals surface area contributed by atoms with Crippen molar-refractivity contribution >= 4 is 16.9 Å². The van der Waals surface area contributed by atoms with E-state index in [2.05, 4.69) is 12.1 Å². The quantitative estimate of drug-likeness (QED) is 0.796. The molecule has 1 amide bonds. The number of hydrogen-bond donors (Lipinski definition) is 1. The first-order valence-corrected chi connectivity index (χ1v) is 8.76. The highest BCUT2D eigenvalue weighted by atomic mass is 16.3. The third-order valence-electron chi connectivity index (χ3n) is 5.01. The van der Waals surface area contributed by atoms with Gasteiger partial charge in [-0.3, -0.25) is 4.79 Å². The van der Waals surface area contributed by atoms with Crippen LogP contribution in [0.25, 0.3) is 11.0 Å². The van der Waals surface area contributed by atoms with Crippen LogP contribution in [0.3, 0.4) is 0 Å². The number of fused-ring (bicyclic) bond motifs is 1. The molecule has 0 aliphatic carbocycles. The molecule has 2 aromatic carbocycles. The number of hydrogen-bond acceptors (Lipinski definition) is 3. The lowest BCUT2D eigenvalue weighted by molar-refractivity contribution is -0.130. The van der Waals surface area contributed by atoms with Gasteiger partial charge in [0.1, 0.15) is 11.3 Å². The molecule has 0 radical (unpaired) electrons. The zero-order valence-electron chi connectivity index (χ0n) is 14.1. The summed E-state index contributed by atoms with van der Waals surface area (Å²) < 4.78 is 5.80. The number of para-hydroxylation sites is 1. The summed E-state index contributed by atoms with van der Waals surface area (Å²) in [5.74, 6) is 1.23. The smallest absolute Gasteiger partial charge is 0.223 e. The Morgan fingerprint density at radius 3 is 2.64 bits per heavy atom. The molecule has 1 fully saturated rings. The standard InChI is InChI=1S/C21H22N2O2/c22-19-14-23(13-18(19)15-6-2-1-3-7-15)21(24)11-10-17-12-16-8-4-5-9-20(16)25-17/h1-9,12,18-19H,10-11,13-14,22H2/t18-,19+/m0/s1. The number of carbonyl (C=O) groups is 1. The molecule has 0 spiro atoms. The van der Waals surface area contributed by atoms with Crippen molar-refractivity contribution in [2.24, 2.45) is 5.73 Å². The second-order valence-electron chi connectivity index (χ2n) is 6.73. The van der Waals surface area contributed by atoms with Gasteiger partial charge in [0.2, 0.25) is 5.91 Å². The van der Waals surface area contributed by atoms with Gasteiger partial charge < -0.3 is 15.1 Å². The Bertz CT molecular complexity index is 839. The fraction of sp³-hybridized carbons (Fsp3) is 0.286. The molecule has 0 unspecified atom stereocenters. The Balaban J connectivity index is 1.38. The van der Waals surface area contributed by atoms with Crippen LogP contribution in [-0.2, 0) is 11.2 Å². The number of rotatable bonds is 4. The van der Waals surface area contributed by atoms with Crippen LogP contribution < -0.4 is 5.73 Å². The summed E-state index contributed by atoms with van der Waals surface area (Å²) in [6.07, 6.45) is 1.07. The van der Waals surface area contributed by atoms with Crippen molar-refractivity contribution in [2.75, 3.05) is 13.1 Å². The van der Waals surface area contributed by atoms with Crippen molar-refractivity contribution in [1.82, 2.24) is 4.90 Å². The lowest BCUT2D eigenvalue weighted by atomic mass is 9.95. The van der Waals surface area contributed by atoms with Crippen LogP contribution in [0.2, 0.25) is 0 Å². The van der Waals surface area contributed by atoms with Crippen LogP contribution >= 0.6 is 0 Å². The van der Waals surface area contributed by atoms with Gasteiger partial charge in [-0.15, -0.1) is 0 Å². The van der Waals surface area contributed by atoms with E-state index >= 15 is 0 Å². The van der Waals surface area contributed by atoms with Gasteiger partial charge in [0.25, 0.3) is 0 Å². The van der Waals surface area contributed by atoms with Gasteiger partial charge >= 0.3 is 0 Å². The monoisotopic (exact) mass is 334 g/mol. The van der Waals surface area contributed by atoms with Gasteiger partial charge in [-0.25, -0.2) is 0 Å². The first-order valence-electron chi connectivity index (χ1n) is 8.76. The average Bonchev–Trinajstić information content (AvgIpc) is 3.23. The zero-order chi connectivity index (χ0) is 17.2. The first kappa shape index (κ1) is 15.9. The third-order valence-corrected chi connectivity index (χ3v) is 5.01. The van der Waals surface area contributed by atoms with Crippen molar-refractivity contribution in [3.63, 3.8) is 0 Å². The van der Waals surface area contributed by atoms with Crippen LogP contribution in [0, 0.1) is 0 Å². The van der Waals surface area contributed by atoms with Crippen molar-refractivity contribution in [3.05, 3.63) is 72.0 Å². The maximum atomic E-state index is 12.6.